The van der Waals surface area contributed by atoms with Gasteiger partial charge in [-0.05, 0) is 19.3 Å². The number of carbonyl (C=O) groups is 2. The van der Waals surface area contributed by atoms with E-state index in [9.17, 15) is 9.59 Å². The molecule has 0 aromatic rings. The lowest BCUT2D eigenvalue weighted by molar-refractivity contribution is -0.134. The number of aliphatic hydroxyl groups excluding tert-OH is 1. The fourth-order valence-corrected chi connectivity index (χ4v) is 1.96. The minimum absolute atomic E-state index is 0.0180. The first kappa shape index (κ1) is 13.9. The van der Waals surface area contributed by atoms with Crippen molar-refractivity contribution in [1.82, 2.24) is 10.2 Å². The zero-order chi connectivity index (χ0) is 12.7. The number of carbonyl (C=O) groups excluding carboxylic acids is 2. The van der Waals surface area contributed by atoms with Crippen LogP contribution in [0.2, 0.25) is 0 Å². The maximum atomic E-state index is 11.7. The van der Waals surface area contributed by atoms with Crippen molar-refractivity contribution < 1.29 is 14.7 Å². The Morgan fingerprint density at radius 2 is 2.00 bits per heavy atom. The average molecular weight is 243 g/mol. The molecule has 1 heterocycles. The zero-order valence-corrected chi connectivity index (χ0v) is 10.0. The van der Waals surface area contributed by atoms with Gasteiger partial charge in [0.1, 0.15) is 0 Å². The first-order valence-electron chi connectivity index (χ1n) is 6.05. The molecule has 0 unspecified atom stereocenters. The van der Waals surface area contributed by atoms with Gasteiger partial charge in [-0.1, -0.05) is 0 Å². The Labute approximate surface area is 101 Å². The van der Waals surface area contributed by atoms with Crippen LogP contribution in [0.5, 0.6) is 0 Å². The zero-order valence-electron chi connectivity index (χ0n) is 10.0. The van der Waals surface area contributed by atoms with Crippen molar-refractivity contribution in [1.29, 1.82) is 0 Å². The van der Waals surface area contributed by atoms with E-state index in [-0.39, 0.29) is 30.9 Å². The van der Waals surface area contributed by atoms with Crippen molar-refractivity contribution in [2.75, 3.05) is 32.8 Å². The van der Waals surface area contributed by atoms with Crippen molar-refractivity contribution in [3.8, 4) is 0 Å². The highest BCUT2D eigenvalue weighted by atomic mass is 16.3. The average Bonchev–Trinajstić information content (AvgIpc) is 2.38. The van der Waals surface area contributed by atoms with Gasteiger partial charge in [-0.25, -0.2) is 0 Å². The molecule has 0 aromatic heterocycles. The highest BCUT2D eigenvalue weighted by molar-refractivity contribution is 5.80. The molecule has 1 aliphatic rings. The lowest BCUT2D eigenvalue weighted by Gasteiger charge is -2.31. The molecule has 17 heavy (non-hydrogen) atoms. The van der Waals surface area contributed by atoms with Crippen LogP contribution in [-0.2, 0) is 9.59 Å². The van der Waals surface area contributed by atoms with E-state index in [1.165, 1.54) is 0 Å². The van der Waals surface area contributed by atoms with Crippen molar-refractivity contribution in [3.63, 3.8) is 0 Å². The summed E-state index contributed by atoms with van der Waals surface area (Å²) in [5.41, 5.74) is 5.28. The topological polar surface area (TPSA) is 95.7 Å². The van der Waals surface area contributed by atoms with Crippen LogP contribution in [0.4, 0.5) is 0 Å². The fraction of sp³-hybridized carbons (Fsp3) is 0.818. The van der Waals surface area contributed by atoms with E-state index in [0.717, 1.165) is 0 Å². The summed E-state index contributed by atoms with van der Waals surface area (Å²) in [5, 5.41) is 11.4. The monoisotopic (exact) mass is 243 g/mol. The van der Waals surface area contributed by atoms with E-state index < -0.39 is 0 Å². The number of hydrogen-bond donors (Lipinski definition) is 3. The lowest BCUT2D eigenvalue weighted by atomic mass is 9.96. The van der Waals surface area contributed by atoms with Crippen molar-refractivity contribution in [2.24, 2.45) is 11.7 Å². The van der Waals surface area contributed by atoms with Gasteiger partial charge in [0.15, 0.2) is 0 Å². The Morgan fingerprint density at radius 3 is 2.53 bits per heavy atom. The summed E-state index contributed by atoms with van der Waals surface area (Å²) in [6.45, 7) is 1.84. The van der Waals surface area contributed by atoms with E-state index in [4.69, 9.17) is 10.8 Å². The molecule has 0 bridgehead atoms. The molecule has 0 aromatic carbocycles. The number of likely N-dealkylation sites (tertiary alicyclic amines) is 1. The first-order valence-corrected chi connectivity index (χ1v) is 6.05. The van der Waals surface area contributed by atoms with Crippen LogP contribution in [0.1, 0.15) is 19.3 Å². The number of aliphatic hydroxyl groups is 1. The van der Waals surface area contributed by atoms with Gasteiger partial charge in [-0.15, -0.1) is 0 Å². The first-order chi connectivity index (χ1) is 8.19. The van der Waals surface area contributed by atoms with E-state index >= 15 is 0 Å². The Kier molecular flexibility index (Phi) is 5.93. The van der Waals surface area contributed by atoms with Gasteiger partial charge in [0.25, 0.3) is 0 Å². The van der Waals surface area contributed by atoms with E-state index in [1.807, 2.05) is 0 Å². The van der Waals surface area contributed by atoms with Crippen LogP contribution >= 0.6 is 0 Å². The van der Waals surface area contributed by atoms with Gasteiger partial charge >= 0.3 is 0 Å². The van der Waals surface area contributed by atoms with E-state index in [2.05, 4.69) is 5.32 Å². The maximum absolute atomic E-state index is 11.7. The van der Waals surface area contributed by atoms with Gasteiger partial charge in [0, 0.05) is 32.2 Å². The quantitative estimate of drug-likeness (QED) is 0.522. The summed E-state index contributed by atoms with van der Waals surface area (Å²) < 4.78 is 0. The second kappa shape index (κ2) is 7.24. The van der Waals surface area contributed by atoms with E-state index in [0.29, 0.717) is 38.9 Å². The number of nitrogens with zero attached hydrogens (tertiary/aromatic N) is 1. The van der Waals surface area contributed by atoms with Crippen LogP contribution < -0.4 is 11.1 Å². The van der Waals surface area contributed by atoms with Gasteiger partial charge in [0.05, 0.1) is 6.54 Å². The molecule has 0 atom stereocenters. The van der Waals surface area contributed by atoms with E-state index in [1.54, 1.807) is 4.90 Å². The van der Waals surface area contributed by atoms with Crippen LogP contribution in [0.15, 0.2) is 0 Å². The molecule has 4 N–H and O–H groups in total. The largest absolute Gasteiger partial charge is 0.396 e. The van der Waals surface area contributed by atoms with Crippen LogP contribution in [0.3, 0.4) is 0 Å². The minimum Gasteiger partial charge on any atom is -0.396 e. The molecule has 0 radical (unpaired) electrons. The highest BCUT2D eigenvalue weighted by Crippen LogP contribution is 2.17. The predicted molar refractivity (Wildman–Crippen MR) is 63.1 cm³/mol. The number of nitrogens with two attached hydrogens (primary N) is 1. The van der Waals surface area contributed by atoms with Gasteiger partial charge in [0.2, 0.25) is 11.8 Å². The molecule has 0 saturated carbocycles. The molecular weight excluding hydrogens is 222 g/mol. The number of piperidine rings is 1. The number of hydrogen-bond acceptors (Lipinski definition) is 4. The molecule has 6 heteroatoms. The highest BCUT2D eigenvalue weighted by Gasteiger charge is 2.26. The second-order valence-electron chi connectivity index (χ2n) is 4.23. The summed E-state index contributed by atoms with van der Waals surface area (Å²) in [7, 11) is 0. The molecule has 1 saturated heterocycles. The number of nitrogens with one attached hydrogen (secondary N) is 1. The third kappa shape index (κ3) is 4.32. The summed E-state index contributed by atoms with van der Waals surface area (Å²) in [6.07, 6.45) is 1.96. The molecule has 6 nitrogen and oxygen atoms in total. The molecule has 1 rings (SSSR count). The third-order valence-electron chi connectivity index (χ3n) is 3.03. The maximum Gasteiger partial charge on any atom is 0.236 e. The lowest BCUT2D eigenvalue weighted by Crippen LogP contribution is -2.45. The van der Waals surface area contributed by atoms with Crippen LogP contribution in [-0.4, -0.2) is 54.6 Å². The summed E-state index contributed by atoms with van der Waals surface area (Å²) in [6, 6.07) is 0. The van der Waals surface area contributed by atoms with Crippen LogP contribution in [0.25, 0.3) is 0 Å². The smallest absolute Gasteiger partial charge is 0.236 e. The molecule has 0 spiro atoms. The summed E-state index contributed by atoms with van der Waals surface area (Å²) in [4.78, 5) is 24.7. The molecular formula is C11H21N3O3. The molecule has 98 valence electrons. The Bertz CT molecular complexity index is 263. The standard InChI is InChI=1S/C11H21N3O3/c12-8-10(16)14-5-2-9(3-6-14)11(17)13-4-1-7-15/h9,15H,1-8,12H2,(H,13,17). The van der Waals surface area contributed by atoms with Crippen LogP contribution in [0, 0.1) is 5.92 Å². The fourth-order valence-electron chi connectivity index (χ4n) is 1.96. The summed E-state index contributed by atoms with van der Waals surface area (Å²) >= 11 is 0. The van der Waals surface area contributed by atoms with Gasteiger partial charge in [-0.3, -0.25) is 9.59 Å². The summed E-state index contributed by atoms with van der Waals surface area (Å²) in [5.74, 6) is -0.0436. The van der Waals surface area contributed by atoms with Crippen molar-refractivity contribution >= 4 is 11.8 Å². The van der Waals surface area contributed by atoms with Gasteiger partial charge in [-0.2, -0.15) is 0 Å². The number of amides is 2. The van der Waals surface area contributed by atoms with Gasteiger partial charge < -0.3 is 21.1 Å². The number of rotatable bonds is 5. The Balaban J connectivity index is 2.26. The van der Waals surface area contributed by atoms with Crippen molar-refractivity contribution in [2.45, 2.75) is 19.3 Å². The molecule has 0 aliphatic carbocycles. The SMILES string of the molecule is NCC(=O)N1CCC(C(=O)NCCCO)CC1. The Morgan fingerprint density at radius 1 is 1.35 bits per heavy atom. The minimum atomic E-state index is -0.0517. The third-order valence-corrected chi connectivity index (χ3v) is 3.03. The Hall–Kier alpha value is -1.14. The normalized spacial score (nSPS) is 16.9. The molecule has 1 aliphatic heterocycles. The molecule has 1 fully saturated rings. The molecule has 2 amide bonds. The second-order valence-corrected chi connectivity index (χ2v) is 4.23. The predicted octanol–water partition coefficient (Wildman–Crippen LogP) is -1.32. The van der Waals surface area contributed by atoms with Crippen molar-refractivity contribution in [3.05, 3.63) is 0 Å².